The number of methoxy groups -OCH3 is 2. The smallest absolute Gasteiger partial charge is 0.230 e. The van der Waals surface area contributed by atoms with Crippen LogP contribution in [0, 0.1) is 0 Å². The van der Waals surface area contributed by atoms with Crippen LogP contribution in [-0.2, 0) is 0 Å². The maximum atomic E-state index is 9.88. The Hall–Kier alpha value is -2.37. The van der Waals surface area contributed by atoms with Gasteiger partial charge in [-0.2, -0.15) is 0 Å². The summed E-state index contributed by atoms with van der Waals surface area (Å²) in [6.45, 7) is 0. The summed E-state index contributed by atoms with van der Waals surface area (Å²) >= 11 is 0. The van der Waals surface area contributed by atoms with Crippen molar-refractivity contribution in [3.8, 4) is 28.4 Å². The first-order chi connectivity index (χ1) is 8.19. The highest BCUT2D eigenvalue weighted by Gasteiger charge is 2.20. The van der Waals surface area contributed by atoms with Crippen molar-refractivity contribution >= 4 is 5.88 Å². The van der Waals surface area contributed by atoms with E-state index in [0.29, 0.717) is 22.6 Å². The molecule has 90 valence electrons. The van der Waals surface area contributed by atoms with E-state index in [-0.39, 0.29) is 11.6 Å². The zero-order valence-electron chi connectivity index (χ0n) is 9.43. The minimum atomic E-state index is 0.0116. The zero-order valence-corrected chi connectivity index (χ0v) is 9.43. The molecule has 0 unspecified atom stereocenters. The van der Waals surface area contributed by atoms with Gasteiger partial charge in [0, 0.05) is 0 Å². The van der Waals surface area contributed by atoms with Crippen LogP contribution in [0.25, 0.3) is 11.1 Å². The molecule has 0 bridgehead atoms. The number of anilines is 1. The van der Waals surface area contributed by atoms with Gasteiger partial charge in [-0.3, -0.25) is 0 Å². The Morgan fingerprint density at radius 1 is 1.29 bits per heavy atom. The van der Waals surface area contributed by atoms with Gasteiger partial charge >= 0.3 is 0 Å². The molecule has 1 aromatic carbocycles. The van der Waals surface area contributed by atoms with Crippen molar-refractivity contribution < 1.29 is 19.1 Å². The first-order valence-electron chi connectivity index (χ1n) is 4.83. The van der Waals surface area contributed by atoms with Crippen molar-refractivity contribution in [1.29, 1.82) is 0 Å². The molecule has 0 radical (unpaired) electrons. The lowest BCUT2D eigenvalue weighted by Crippen LogP contribution is -1.94. The number of nitrogens with zero attached hydrogens (tertiary/aromatic N) is 1. The molecular formula is C11H12N2O4. The molecule has 0 saturated heterocycles. The Morgan fingerprint density at radius 3 is 2.59 bits per heavy atom. The van der Waals surface area contributed by atoms with Gasteiger partial charge in [-0.25, -0.2) is 0 Å². The fraction of sp³-hybridized carbons (Fsp3) is 0.182. The highest BCUT2D eigenvalue weighted by molar-refractivity contribution is 5.84. The predicted molar refractivity (Wildman–Crippen MR) is 61.1 cm³/mol. The number of phenolic OH excluding ortho intramolecular Hbond substituents is 1. The fourth-order valence-corrected chi connectivity index (χ4v) is 1.61. The maximum Gasteiger partial charge on any atom is 0.230 e. The first kappa shape index (κ1) is 11.1. The second kappa shape index (κ2) is 4.25. The number of aromatic hydroxyl groups is 1. The van der Waals surface area contributed by atoms with Crippen LogP contribution in [0.15, 0.2) is 22.9 Å². The molecule has 2 rings (SSSR count). The van der Waals surface area contributed by atoms with E-state index in [2.05, 4.69) is 5.16 Å². The summed E-state index contributed by atoms with van der Waals surface area (Å²) in [6.07, 6.45) is 1.41. The van der Waals surface area contributed by atoms with E-state index in [9.17, 15) is 5.11 Å². The molecule has 0 spiro atoms. The third kappa shape index (κ3) is 1.73. The summed E-state index contributed by atoms with van der Waals surface area (Å²) in [7, 11) is 2.99. The van der Waals surface area contributed by atoms with Crippen molar-refractivity contribution in [2.75, 3.05) is 20.0 Å². The number of nitrogens with two attached hydrogens (primary N) is 1. The molecular weight excluding hydrogens is 224 g/mol. The Labute approximate surface area is 97.5 Å². The van der Waals surface area contributed by atoms with Crippen LogP contribution in [0.1, 0.15) is 0 Å². The largest absolute Gasteiger partial charge is 0.507 e. The number of phenols is 1. The van der Waals surface area contributed by atoms with E-state index in [1.54, 1.807) is 6.07 Å². The maximum absolute atomic E-state index is 9.88. The van der Waals surface area contributed by atoms with Crippen molar-refractivity contribution in [3.05, 3.63) is 18.3 Å². The lowest BCUT2D eigenvalue weighted by atomic mass is 10.1. The molecule has 17 heavy (non-hydrogen) atoms. The van der Waals surface area contributed by atoms with E-state index >= 15 is 0 Å². The van der Waals surface area contributed by atoms with Gasteiger partial charge < -0.3 is 24.8 Å². The number of hydrogen-bond acceptors (Lipinski definition) is 6. The van der Waals surface area contributed by atoms with Crippen LogP contribution in [0.4, 0.5) is 5.88 Å². The number of hydrogen-bond donors (Lipinski definition) is 2. The molecule has 0 atom stereocenters. The van der Waals surface area contributed by atoms with Gasteiger partial charge in [0.05, 0.1) is 31.5 Å². The first-order valence-corrected chi connectivity index (χ1v) is 4.83. The monoisotopic (exact) mass is 236 g/mol. The van der Waals surface area contributed by atoms with Crippen molar-refractivity contribution in [1.82, 2.24) is 5.16 Å². The summed E-state index contributed by atoms with van der Waals surface area (Å²) in [5.41, 5.74) is 6.47. The van der Waals surface area contributed by atoms with Gasteiger partial charge in [-0.1, -0.05) is 5.16 Å². The minimum absolute atomic E-state index is 0.0116. The number of ether oxygens (including phenoxy) is 2. The van der Waals surface area contributed by atoms with Crippen molar-refractivity contribution in [2.24, 2.45) is 0 Å². The number of nitrogen functional groups attached to an aromatic ring is 1. The standard InChI is InChI=1S/C11H12N2O4/c1-15-8-4-3-7(14)9(10(8)16-2)6-5-13-17-11(6)12/h3-5,14H,12H2,1-2H3. The second-order valence-corrected chi connectivity index (χ2v) is 3.30. The Morgan fingerprint density at radius 2 is 2.06 bits per heavy atom. The van der Waals surface area contributed by atoms with E-state index < -0.39 is 0 Å². The van der Waals surface area contributed by atoms with Crippen molar-refractivity contribution in [3.63, 3.8) is 0 Å². The summed E-state index contributed by atoms with van der Waals surface area (Å²) < 4.78 is 15.1. The molecule has 0 aliphatic carbocycles. The molecule has 0 fully saturated rings. The van der Waals surface area contributed by atoms with Gasteiger partial charge in [0.2, 0.25) is 5.88 Å². The van der Waals surface area contributed by atoms with Gasteiger partial charge in [-0.15, -0.1) is 0 Å². The molecule has 2 aromatic rings. The van der Waals surface area contributed by atoms with Crippen LogP contribution in [0.3, 0.4) is 0 Å². The van der Waals surface area contributed by atoms with Crippen LogP contribution in [0.5, 0.6) is 17.2 Å². The molecule has 0 amide bonds. The molecule has 0 aliphatic heterocycles. The zero-order chi connectivity index (χ0) is 12.4. The molecule has 0 aliphatic rings. The predicted octanol–water partition coefficient (Wildman–Crippen LogP) is 1.65. The molecule has 3 N–H and O–H groups in total. The number of rotatable bonds is 3. The summed E-state index contributed by atoms with van der Waals surface area (Å²) in [4.78, 5) is 0. The highest BCUT2D eigenvalue weighted by Crippen LogP contribution is 2.45. The third-order valence-electron chi connectivity index (χ3n) is 2.39. The lowest BCUT2D eigenvalue weighted by molar-refractivity contribution is 0.353. The van der Waals surface area contributed by atoms with E-state index in [0.717, 1.165) is 0 Å². The van der Waals surface area contributed by atoms with Gasteiger partial charge in [-0.05, 0) is 12.1 Å². The number of benzene rings is 1. The van der Waals surface area contributed by atoms with Crippen LogP contribution < -0.4 is 15.2 Å². The molecule has 1 heterocycles. The van der Waals surface area contributed by atoms with E-state index in [1.165, 1.54) is 26.5 Å². The van der Waals surface area contributed by atoms with Crippen LogP contribution in [-0.4, -0.2) is 24.5 Å². The highest BCUT2D eigenvalue weighted by atomic mass is 16.5. The average molecular weight is 236 g/mol. The Balaban J connectivity index is 2.71. The lowest BCUT2D eigenvalue weighted by Gasteiger charge is -2.13. The summed E-state index contributed by atoms with van der Waals surface area (Å²) in [5, 5.41) is 13.4. The average Bonchev–Trinajstić information content (AvgIpc) is 2.74. The van der Waals surface area contributed by atoms with Crippen LogP contribution in [0.2, 0.25) is 0 Å². The SMILES string of the molecule is COc1ccc(O)c(-c2cnoc2N)c1OC. The van der Waals surface area contributed by atoms with E-state index in [4.69, 9.17) is 19.7 Å². The van der Waals surface area contributed by atoms with E-state index in [1.807, 2.05) is 0 Å². The van der Waals surface area contributed by atoms with Gasteiger partial charge in [0.1, 0.15) is 5.75 Å². The topological polar surface area (TPSA) is 90.7 Å². The second-order valence-electron chi connectivity index (χ2n) is 3.30. The molecule has 0 saturated carbocycles. The minimum Gasteiger partial charge on any atom is -0.507 e. The van der Waals surface area contributed by atoms with Gasteiger partial charge in [0.25, 0.3) is 0 Å². The third-order valence-corrected chi connectivity index (χ3v) is 2.39. The molecule has 6 nitrogen and oxygen atoms in total. The molecule has 1 aromatic heterocycles. The number of aromatic nitrogens is 1. The Kier molecular flexibility index (Phi) is 2.78. The molecule has 6 heteroatoms. The van der Waals surface area contributed by atoms with Crippen molar-refractivity contribution in [2.45, 2.75) is 0 Å². The Bertz CT molecular complexity index is 536. The summed E-state index contributed by atoms with van der Waals surface area (Å²) in [6, 6.07) is 3.09. The quantitative estimate of drug-likeness (QED) is 0.841. The fourth-order valence-electron chi connectivity index (χ4n) is 1.61. The normalized spacial score (nSPS) is 10.2. The van der Waals surface area contributed by atoms with Gasteiger partial charge in [0.15, 0.2) is 11.5 Å². The summed E-state index contributed by atoms with van der Waals surface area (Å²) in [5.74, 6) is 0.979. The van der Waals surface area contributed by atoms with Crippen LogP contribution >= 0.6 is 0 Å².